The summed E-state index contributed by atoms with van der Waals surface area (Å²) < 4.78 is 0. The van der Waals surface area contributed by atoms with Crippen molar-refractivity contribution in [3.63, 3.8) is 0 Å². The predicted molar refractivity (Wildman–Crippen MR) is 128 cm³/mol. The van der Waals surface area contributed by atoms with Crippen LogP contribution >= 0.6 is 0 Å². The second-order valence-corrected chi connectivity index (χ2v) is 7.99. The van der Waals surface area contributed by atoms with Crippen LogP contribution in [0, 0.1) is 17.8 Å². The zero-order valence-electron chi connectivity index (χ0n) is 21.4. The van der Waals surface area contributed by atoms with Crippen LogP contribution in [0.3, 0.4) is 0 Å². The summed E-state index contributed by atoms with van der Waals surface area (Å²) in [4.78, 5) is 7.11. The van der Waals surface area contributed by atoms with Crippen LogP contribution in [-0.2, 0) is 0 Å². The first-order chi connectivity index (χ1) is 12.9. The van der Waals surface area contributed by atoms with Crippen molar-refractivity contribution in [3.8, 4) is 0 Å². The lowest BCUT2D eigenvalue weighted by molar-refractivity contribution is 0.149. The Morgan fingerprint density at radius 2 is 0.852 bits per heavy atom. The van der Waals surface area contributed by atoms with E-state index in [0.29, 0.717) is 0 Å². The minimum atomic E-state index is 0.939. The average molecular weight is 388 g/mol. The third-order valence-corrected chi connectivity index (χ3v) is 4.73. The molecule has 2 unspecified atom stereocenters. The highest BCUT2D eigenvalue weighted by Crippen LogP contribution is 2.13. The minimum Gasteiger partial charge on any atom is -0.306 e. The highest BCUT2D eigenvalue weighted by molar-refractivity contribution is 4.71. The van der Waals surface area contributed by atoms with Crippen molar-refractivity contribution >= 4 is 0 Å². The largest absolute Gasteiger partial charge is 0.306 e. The Balaban J connectivity index is -0.000000282. The first-order valence-corrected chi connectivity index (χ1v) is 11.9. The van der Waals surface area contributed by atoms with Crippen molar-refractivity contribution in [2.75, 3.05) is 60.4 Å². The van der Waals surface area contributed by atoms with E-state index in [1.165, 1.54) is 58.5 Å². The monoisotopic (exact) mass is 387 g/mol. The van der Waals surface area contributed by atoms with Crippen LogP contribution in [0.15, 0.2) is 0 Å². The Hall–Kier alpha value is -0.120. The molecule has 3 rings (SSSR count). The SMILES string of the molecule is CC.CC.CC.CC1CCCN(C)C1.CC1CCN(C)C1.CC1CN(C)C1. The molecule has 0 aromatic heterocycles. The van der Waals surface area contributed by atoms with Crippen LogP contribution in [0.4, 0.5) is 0 Å². The normalized spacial score (nSPS) is 25.3. The maximum absolute atomic E-state index is 2.41. The Labute approximate surface area is 174 Å². The molecule has 3 nitrogen and oxygen atoms in total. The van der Waals surface area contributed by atoms with E-state index in [-0.39, 0.29) is 0 Å². The highest BCUT2D eigenvalue weighted by atomic mass is 15.2. The van der Waals surface area contributed by atoms with Gasteiger partial charge in [0.2, 0.25) is 0 Å². The topological polar surface area (TPSA) is 9.72 Å². The molecule has 3 heteroatoms. The van der Waals surface area contributed by atoms with Crippen LogP contribution in [0.1, 0.15) is 81.6 Å². The molecule has 27 heavy (non-hydrogen) atoms. The zero-order valence-corrected chi connectivity index (χ0v) is 21.4. The molecule has 2 atom stereocenters. The summed E-state index contributed by atoms with van der Waals surface area (Å²) in [6, 6.07) is 0. The predicted octanol–water partition coefficient (Wildman–Crippen LogP) is 5.95. The van der Waals surface area contributed by atoms with E-state index >= 15 is 0 Å². The number of nitrogens with zero attached hydrogens (tertiary/aromatic N) is 3. The molecule has 0 saturated carbocycles. The Bertz CT molecular complexity index is 242. The van der Waals surface area contributed by atoms with Crippen molar-refractivity contribution in [1.82, 2.24) is 14.7 Å². The van der Waals surface area contributed by atoms with Crippen LogP contribution in [0.2, 0.25) is 0 Å². The standard InChI is InChI=1S/C7H15N.C6H13N.C5H11N.3C2H6/c1-7-4-3-5-8(2)6-7;1-6-3-4-7(2)5-6;1-5-3-6(2)4-5;3*1-2/h7H,3-6H2,1-2H3;6H,3-5H2,1-2H3;5H,3-4H2,1-2H3;3*1-2H3. The van der Waals surface area contributed by atoms with E-state index in [1.807, 2.05) is 41.5 Å². The van der Waals surface area contributed by atoms with Gasteiger partial charge in [-0.15, -0.1) is 0 Å². The summed E-state index contributed by atoms with van der Waals surface area (Å²) in [5, 5.41) is 0. The number of rotatable bonds is 0. The summed E-state index contributed by atoms with van der Waals surface area (Å²) in [7, 11) is 6.54. The molecule has 3 aliphatic heterocycles. The van der Waals surface area contributed by atoms with Gasteiger partial charge in [0.1, 0.15) is 0 Å². The van der Waals surface area contributed by atoms with Gasteiger partial charge in [0.05, 0.1) is 0 Å². The molecular formula is C24H57N3. The van der Waals surface area contributed by atoms with Crippen molar-refractivity contribution in [2.24, 2.45) is 17.8 Å². The van der Waals surface area contributed by atoms with Gasteiger partial charge in [-0.3, -0.25) is 0 Å². The minimum absolute atomic E-state index is 0.939. The van der Waals surface area contributed by atoms with Gasteiger partial charge in [0.15, 0.2) is 0 Å². The van der Waals surface area contributed by atoms with Gasteiger partial charge in [0.25, 0.3) is 0 Å². The van der Waals surface area contributed by atoms with E-state index < -0.39 is 0 Å². The third-order valence-electron chi connectivity index (χ3n) is 4.73. The Morgan fingerprint density at radius 1 is 0.481 bits per heavy atom. The van der Waals surface area contributed by atoms with E-state index in [0.717, 1.165) is 17.8 Å². The van der Waals surface area contributed by atoms with Gasteiger partial charge in [-0.1, -0.05) is 62.3 Å². The molecule has 0 aromatic carbocycles. The van der Waals surface area contributed by atoms with Crippen LogP contribution in [-0.4, -0.2) is 75.1 Å². The van der Waals surface area contributed by atoms with Crippen molar-refractivity contribution in [2.45, 2.75) is 81.6 Å². The molecule has 3 heterocycles. The van der Waals surface area contributed by atoms with Crippen molar-refractivity contribution in [1.29, 1.82) is 0 Å². The number of hydrogen-bond donors (Lipinski definition) is 0. The molecule has 3 saturated heterocycles. The Morgan fingerprint density at radius 3 is 1.00 bits per heavy atom. The lowest BCUT2D eigenvalue weighted by Gasteiger charge is -2.33. The highest BCUT2D eigenvalue weighted by Gasteiger charge is 2.16. The average Bonchev–Trinajstić information content (AvgIpc) is 3.03. The third kappa shape index (κ3) is 20.4. The Kier molecular flexibility index (Phi) is 25.9. The number of piperidine rings is 1. The maximum Gasteiger partial charge on any atom is 0.00163 e. The lowest BCUT2D eigenvalue weighted by Crippen LogP contribution is -2.41. The summed E-state index contributed by atoms with van der Waals surface area (Å²) in [6.45, 7) is 26.8. The van der Waals surface area contributed by atoms with Crippen molar-refractivity contribution in [3.05, 3.63) is 0 Å². The molecule has 0 spiro atoms. The second kappa shape index (κ2) is 22.2. The van der Waals surface area contributed by atoms with Crippen LogP contribution in [0.5, 0.6) is 0 Å². The van der Waals surface area contributed by atoms with Crippen LogP contribution in [0.25, 0.3) is 0 Å². The fraction of sp³-hybridized carbons (Fsp3) is 1.00. The molecule has 0 N–H and O–H groups in total. The molecule has 0 aromatic rings. The fourth-order valence-electron chi connectivity index (χ4n) is 3.59. The quantitative estimate of drug-likeness (QED) is 0.508. The first kappa shape index (κ1) is 31.6. The second-order valence-electron chi connectivity index (χ2n) is 7.99. The number of likely N-dealkylation sites (tertiary alicyclic amines) is 3. The molecular weight excluding hydrogens is 330 g/mol. The van der Waals surface area contributed by atoms with E-state index in [1.54, 1.807) is 0 Å². The molecule has 3 aliphatic rings. The van der Waals surface area contributed by atoms with E-state index in [9.17, 15) is 0 Å². The fourth-order valence-corrected chi connectivity index (χ4v) is 3.59. The molecule has 3 fully saturated rings. The lowest BCUT2D eigenvalue weighted by atomic mass is 10.0. The summed E-state index contributed by atoms with van der Waals surface area (Å²) in [6.07, 6.45) is 4.23. The summed E-state index contributed by atoms with van der Waals surface area (Å²) in [5.41, 5.74) is 0. The van der Waals surface area contributed by atoms with Gasteiger partial charge in [-0.2, -0.15) is 0 Å². The van der Waals surface area contributed by atoms with Crippen molar-refractivity contribution < 1.29 is 0 Å². The van der Waals surface area contributed by atoms with Gasteiger partial charge in [0, 0.05) is 26.2 Å². The zero-order chi connectivity index (χ0) is 21.8. The molecule has 168 valence electrons. The van der Waals surface area contributed by atoms with E-state index in [2.05, 4.69) is 56.6 Å². The first-order valence-electron chi connectivity index (χ1n) is 11.9. The smallest absolute Gasteiger partial charge is 0.00163 e. The number of hydrogen-bond acceptors (Lipinski definition) is 3. The van der Waals surface area contributed by atoms with Gasteiger partial charge in [-0.05, 0) is 71.2 Å². The van der Waals surface area contributed by atoms with Gasteiger partial charge < -0.3 is 14.7 Å². The molecule has 0 radical (unpaired) electrons. The molecule has 0 amide bonds. The summed E-state index contributed by atoms with van der Waals surface area (Å²) in [5.74, 6) is 2.86. The maximum atomic E-state index is 2.41. The van der Waals surface area contributed by atoms with Gasteiger partial charge in [-0.25, -0.2) is 0 Å². The summed E-state index contributed by atoms with van der Waals surface area (Å²) >= 11 is 0. The molecule has 0 aliphatic carbocycles. The van der Waals surface area contributed by atoms with Crippen LogP contribution < -0.4 is 0 Å². The van der Waals surface area contributed by atoms with E-state index in [4.69, 9.17) is 0 Å². The van der Waals surface area contributed by atoms with Gasteiger partial charge >= 0.3 is 0 Å². The molecule has 0 bridgehead atoms.